The number of ketones is 2. The first-order valence-corrected chi connectivity index (χ1v) is 12.8. The molecule has 3 aliphatic rings. The molecule has 0 heterocycles. The lowest BCUT2D eigenvalue weighted by molar-refractivity contribution is -0.148. The van der Waals surface area contributed by atoms with E-state index < -0.39 is 81.8 Å². The SMILES string of the molecule is CCCN(CCF)Cc1cc(O)c2c(c1F)C[C@H]1C[C@H]3[C@H](N(C)C)C(O)=C(C(N)=O)C(=O)[C@@]3(O)C(O)=C1C2=O. The maximum absolute atomic E-state index is 15.8. The molecule has 6 N–H and O–H groups in total. The average Bonchev–Trinajstić information content (AvgIpc) is 2.84. The van der Waals surface area contributed by atoms with Crippen LogP contribution >= 0.6 is 0 Å². The molecule has 0 aromatic heterocycles. The molecule has 0 spiro atoms. The number of hydrogen-bond donors (Lipinski definition) is 5. The molecule has 3 aliphatic carbocycles. The van der Waals surface area contributed by atoms with Gasteiger partial charge in [-0.2, -0.15) is 0 Å². The van der Waals surface area contributed by atoms with Crippen LogP contribution < -0.4 is 5.73 Å². The van der Waals surface area contributed by atoms with E-state index in [1.165, 1.54) is 19.0 Å². The molecular weight excluding hydrogens is 516 g/mol. The number of aliphatic hydroxyl groups is 3. The monoisotopic (exact) mass is 549 g/mol. The van der Waals surface area contributed by atoms with Gasteiger partial charge in [-0.25, -0.2) is 8.78 Å². The van der Waals surface area contributed by atoms with Crippen molar-refractivity contribution in [1.82, 2.24) is 9.80 Å². The molecule has 1 aromatic rings. The van der Waals surface area contributed by atoms with Crippen LogP contribution in [0.4, 0.5) is 8.78 Å². The van der Waals surface area contributed by atoms with Gasteiger partial charge in [-0.1, -0.05) is 6.92 Å². The quantitative estimate of drug-likeness (QED) is 0.302. The second kappa shape index (κ2) is 10.3. The van der Waals surface area contributed by atoms with Crippen LogP contribution in [0, 0.1) is 17.7 Å². The molecule has 4 atom stereocenters. The minimum atomic E-state index is -2.76. The van der Waals surface area contributed by atoms with E-state index in [0.717, 1.165) is 6.07 Å². The van der Waals surface area contributed by atoms with Crippen molar-refractivity contribution in [2.75, 3.05) is 33.9 Å². The van der Waals surface area contributed by atoms with Gasteiger partial charge in [0, 0.05) is 35.7 Å². The maximum atomic E-state index is 15.8. The summed E-state index contributed by atoms with van der Waals surface area (Å²) in [6.45, 7) is 1.82. The number of carbonyl (C=O) groups excluding carboxylic acids is 3. The van der Waals surface area contributed by atoms with E-state index in [9.17, 15) is 39.2 Å². The van der Waals surface area contributed by atoms with E-state index in [4.69, 9.17) is 5.73 Å². The molecule has 0 fully saturated rings. The zero-order valence-corrected chi connectivity index (χ0v) is 22.0. The number of halogens is 2. The number of allylic oxidation sites excluding steroid dienone is 1. The van der Waals surface area contributed by atoms with Gasteiger partial charge in [0.05, 0.1) is 11.6 Å². The number of aromatic hydroxyl groups is 1. The van der Waals surface area contributed by atoms with Gasteiger partial charge < -0.3 is 26.2 Å². The number of hydrogen-bond acceptors (Lipinski definition) is 9. The summed E-state index contributed by atoms with van der Waals surface area (Å²) in [6, 6.07) is -0.0475. The van der Waals surface area contributed by atoms with Gasteiger partial charge in [0.25, 0.3) is 5.91 Å². The number of rotatable bonds is 8. The average molecular weight is 550 g/mol. The Balaban J connectivity index is 1.86. The number of phenols is 1. The van der Waals surface area contributed by atoms with Crippen molar-refractivity contribution in [3.8, 4) is 5.75 Å². The van der Waals surface area contributed by atoms with Gasteiger partial charge in [-0.15, -0.1) is 0 Å². The first-order chi connectivity index (χ1) is 18.3. The van der Waals surface area contributed by atoms with Gasteiger partial charge in [0.2, 0.25) is 5.78 Å². The predicted octanol–water partition coefficient (Wildman–Crippen LogP) is 1.44. The van der Waals surface area contributed by atoms with Gasteiger partial charge in [0.15, 0.2) is 11.4 Å². The highest BCUT2D eigenvalue weighted by atomic mass is 19.1. The highest BCUT2D eigenvalue weighted by Gasteiger charge is 2.63. The minimum absolute atomic E-state index is 0.00534. The first kappa shape index (κ1) is 28.7. The summed E-state index contributed by atoms with van der Waals surface area (Å²) >= 11 is 0. The van der Waals surface area contributed by atoms with Crippen molar-refractivity contribution >= 4 is 17.5 Å². The van der Waals surface area contributed by atoms with Crippen molar-refractivity contribution in [2.24, 2.45) is 17.6 Å². The normalized spacial score (nSPS) is 26.7. The third kappa shape index (κ3) is 4.30. The lowest BCUT2D eigenvalue weighted by atomic mass is 9.58. The van der Waals surface area contributed by atoms with Gasteiger partial charge in [0.1, 0.15) is 35.3 Å². The third-order valence-corrected chi connectivity index (χ3v) is 8.07. The summed E-state index contributed by atoms with van der Waals surface area (Å²) in [5, 5.41) is 44.4. The van der Waals surface area contributed by atoms with Crippen molar-refractivity contribution in [3.05, 3.63) is 51.2 Å². The number of primary amides is 1. The summed E-state index contributed by atoms with van der Waals surface area (Å²) < 4.78 is 28.8. The molecule has 10 nitrogen and oxygen atoms in total. The van der Waals surface area contributed by atoms with Gasteiger partial charge in [-0.3, -0.25) is 24.2 Å². The van der Waals surface area contributed by atoms with Crippen LogP contribution in [0.5, 0.6) is 5.75 Å². The van der Waals surface area contributed by atoms with Crippen molar-refractivity contribution in [1.29, 1.82) is 0 Å². The Morgan fingerprint density at radius 2 is 1.87 bits per heavy atom. The molecule has 0 aliphatic heterocycles. The number of Topliss-reactive ketones (excluding diaryl/α,β-unsaturated/α-hetero) is 2. The first-order valence-electron chi connectivity index (χ1n) is 12.8. The molecule has 4 rings (SSSR count). The molecule has 0 unspecified atom stereocenters. The largest absolute Gasteiger partial charge is 0.510 e. The highest BCUT2D eigenvalue weighted by molar-refractivity contribution is 6.24. The predicted molar refractivity (Wildman–Crippen MR) is 135 cm³/mol. The number of amides is 1. The molecule has 39 heavy (non-hydrogen) atoms. The number of aliphatic hydroxyl groups excluding tert-OH is 2. The Morgan fingerprint density at radius 1 is 1.21 bits per heavy atom. The lowest BCUT2D eigenvalue weighted by Crippen LogP contribution is -2.63. The second-order valence-electron chi connectivity index (χ2n) is 10.7. The van der Waals surface area contributed by atoms with E-state index in [1.807, 2.05) is 6.92 Å². The number of alkyl halides is 1. The van der Waals surface area contributed by atoms with Crippen LogP contribution in [-0.4, -0.2) is 93.2 Å². The van der Waals surface area contributed by atoms with Crippen LogP contribution in [0.3, 0.4) is 0 Å². The molecule has 0 radical (unpaired) electrons. The fourth-order valence-electron chi connectivity index (χ4n) is 6.42. The number of nitrogens with two attached hydrogens (primary N) is 1. The Morgan fingerprint density at radius 3 is 2.44 bits per heavy atom. The van der Waals surface area contributed by atoms with Crippen molar-refractivity contribution < 1.29 is 43.6 Å². The van der Waals surface area contributed by atoms with Crippen LogP contribution in [0.1, 0.15) is 41.3 Å². The maximum Gasteiger partial charge on any atom is 0.255 e. The molecule has 12 heteroatoms. The van der Waals surface area contributed by atoms with Crippen molar-refractivity contribution in [3.63, 3.8) is 0 Å². The van der Waals surface area contributed by atoms with Crippen LogP contribution in [0.2, 0.25) is 0 Å². The molecule has 0 saturated carbocycles. The van der Waals surface area contributed by atoms with E-state index in [-0.39, 0.29) is 42.6 Å². The number of carbonyl (C=O) groups is 3. The zero-order chi connectivity index (χ0) is 29.0. The summed E-state index contributed by atoms with van der Waals surface area (Å²) in [7, 11) is 3.05. The van der Waals surface area contributed by atoms with E-state index in [1.54, 1.807) is 4.90 Å². The summed E-state index contributed by atoms with van der Waals surface area (Å²) in [5.74, 6) is -8.67. The standard InChI is InChI=1S/C27H33F2N3O7/c1-4-6-32(7-5-28)11-13-10-16(33)18-14(20(13)29)8-12-9-15-21(31(2)3)23(35)19(26(30)38)25(37)27(15,39)24(36)17(12)22(18)34/h10,12,15,21,33,35-36,39H,4-9,11H2,1-3H3,(H2,30,38)/t12-,15-,21-,27-/m0/s1. The Hall–Kier alpha value is -3.35. The minimum Gasteiger partial charge on any atom is -0.510 e. The Bertz CT molecular complexity index is 1300. The van der Waals surface area contributed by atoms with Gasteiger partial charge >= 0.3 is 0 Å². The fourth-order valence-corrected chi connectivity index (χ4v) is 6.42. The second-order valence-corrected chi connectivity index (χ2v) is 10.7. The van der Waals surface area contributed by atoms with Crippen LogP contribution in [0.25, 0.3) is 0 Å². The topological polar surface area (TPSA) is 165 Å². The molecule has 0 saturated heterocycles. The van der Waals surface area contributed by atoms with Crippen LogP contribution in [-0.2, 0) is 22.6 Å². The summed E-state index contributed by atoms with van der Waals surface area (Å²) in [5.41, 5.74) is 0.895. The van der Waals surface area contributed by atoms with Gasteiger partial charge in [-0.05, 0) is 51.9 Å². The highest BCUT2D eigenvalue weighted by Crippen LogP contribution is 2.52. The number of fused-ring (bicyclic) bond motifs is 3. The summed E-state index contributed by atoms with van der Waals surface area (Å²) in [6.07, 6.45) is 0.403. The Kier molecular flexibility index (Phi) is 7.58. The van der Waals surface area contributed by atoms with Crippen molar-refractivity contribution in [2.45, 2.75) is 44.4 Å². The third-order valence-electron chi connectivity index (χ3n) is 8.07. The number of likely N-dealkylation sites (N-methyl/N-ethyl adjacent to an activating group) is 1. The molecule has 1 amide bonds. The molecule has 0 bridgehead atoms. The lowest BCUT2D eigenvalue weighted by Gasteiger charge is -2.50. The number of benzene rings is 1. The van der Waals surface area contributed by atoms with Crippen LogP contribution in [0.15, 0.2) is 28.7 Å². The smallest absolute Gasteiger partial charge is 0.255 e. The number of phenolic OH excluding ortho intramolecular Hbond substituents is 1. The molecular formula is C27H33F2N3O7. The van der Waals surface area contributed by atoms with E-state index in [2.05, 4.69) is 0 Å². The fraction of sp³-hybridized carbons (Fsp3) is 0.519. The van der Waals surface area contributed by atoms with E-state index in [0.29, 0.717) is 13.0 Å². The molecule has 1 aromatic carbocycles. The summed E-state index contributed by atoms with van der Waals surface area (Å²) in [4.78, 5) is 42.0. The molecule has 212 valence electrons. The number of nitrogens with zero attached hydrogens (tertiary/aromatic N) is 2. The zero-order valence-electron chi connectivity index (χ0n) is 22.0. The van der Waals surface area contributed by atoms with E-state index >= 15 is 4.39 Å². The Labute approximate surface area is 224 Å².